The summed E-state index contributed by atoms with van der Waals surface area (Å²) in [5.74, 6) is 1.44. The smallest absolute Gasteiger partial charge is 0.231 e. The van der Waals surface area contributed by atoms with E-state index in [9.17, 15) is 4.39 Å². The predicted molar refractivity (Wildman–Crippen MR) is 82.4 cm³/mol. The molecule has 0 bridgehead atoms. The molecule has 2 aromatic rings. The van der Waals surface area contributed by atoms with Crippen LogP contribution in [-0.2, 0) is 12.8 Å². The van der Waals surface area contributed by atoms with Gasteiger partial charge in [0.05, 0.1) is 0 Å². The van der Waals surface area contributed by atoms with Crippen LogP contribution < -0.4 is 9.47 Å². The largest absolute Gasteiger partial charge is 0.454 e. The number of ether oxygens (including phenoxy) is 2. The highest BCUT2D eigenvalue weighted by Crippen LogP contribution is 2.36. The Kier molecular flexibility index (Phi) is 3.29. The van der Waals surface area contributed by atoms with Gasteiger partial charge < -0.3 is 9.47 Å². The molecule has 112 valence electrons. The maximum Gasteiger partial charge on any atom is 0.231 e. The molecule has 4 heteroatoms. The molecule has 2 aliphatic rings. The van der Waals surface area contributed by atoms with E-state index in [2.05, 4.69) is 11.1 Å². The minimum absolute atomic E-state index is 0.197. The summed E-state index contributed by atoms with van der Waals surface area (Å²) in [6.07, 6.45) is 2.64. The second-order valence-electron chi connectivity index (χ2n) is 5.57. The van der Waals surface area contributed by atoms with Gasteiger partial charge in [-0.15, -0.1) is 0 Å². The van der Waals surface area contributed by atoms with E-state index in [-0.39, 0.29) is 5.82 Å². The molecule has 0 saturated heterocycles. The third kappa shape index (κ3) is 2.45. The number of rotatable bonds is 3. The van der Waals surface area contributed by atoms with E-state index in [4.69, 9.17) is 9.47 Å². The molecule has 0 saturated carbocycles. The normalized spacial score (nSPS) is 15.4. The van der Waals surface area contributed by atoms with Crippen LogP contribution in [-0.4, -0.2) is 19.0 Å². The Morgan fingerprint density at radius 1 is 1.00 bits per heavy atom. The highest BCUT2D eigenvalue weighted by Gasteiger charge is 2.21. The lowest BCUT2D eigenvalue weighted by Gasteiger charge is -2.17. The van der Waals surface area contributed by atoms with Gasteiger partial charge in [0.1, 0.15) is 5.82 Å². The third-order valence-corrected chi connectivity index (χ3v) is 4.16. The number of halogens is 1. The van der Waals surface area contributed by atoms with Crippen LogP contribution >= 0.6 is 0 Å². The number of benzene rings is 2. The number of aryl methyl sites for hydroxylation is 1. The quantitative estimate of drug-likeness (QED) is 0.867. The van der Waals surface area contributed by atoms with Crippen molar-refractivity contribution in [1.29, 1.82) is 0 Å². The second kappa shape index (κ2) is 5.44. The maximum atomic E-state index is 13.0. The molecule has 0 radical (unpaired) electrons. The highest BCUT2D eigenvalue weighted by atomic mass is 19.1. The van der Waals surface area contributed by atoms with Crippen LogP contribution in [0.4, 0.5) is 4.39 Å². The summed E-state index contributed by atoms with van der Waals surface area (Å²) >= 11 is 0. The van der Waals surface area contributed by atoms with Gasteiger partial charge in [0.2, 0.25) is 6.79 Å². The lowest BCUT2D eigenvalue weighted by molar-refractivity contribution is 0.174. The van der Waals surface area contributed by atoms with Gasteiger partial charge in [0.15, 0.2) is 11.5 Å². The van der Waals surface area contributed by atoms with Gasteiger partial charge in [-0.1, -0.05) is 12.1 Å². The van der Waals surface area contributed by atoms with Crippen molar-refractivity contribution >= 4 is 5.71 Å². The van der Waals surface area contributed by atoms with Crippen molar-refractivity contribution in [3.8, 4) is 11.5 Å². The molecule has 22 heavy (non-hydrogen) atoms. The molecular formula is C18H16FNO2. The first-order valence-electron chi connectivity index (χ1n) is 7.50. The highest BCUT2D eigenvalue weighted by molar-refractivity contribution is 6.03. The molecule has 0 aliphatic carbocycles. The Hall–Kier alpha value is -2.36. The van der Waals surface area contributed by atoms with E-state index >= 15 is 0 Å². The maximum absolute atomic E-state index is 13.0. The molecule has 0 unspecified atom stereocenters. The summed E-state index contributed by atoms with van der Waals surface area (Å²) in [5, 5.41) is 0. The topological polar surface area (TPSA) is 30.8 Å². The van der Waals surface area contributed by atoms with Gasteiger partial charge in [-0.3, -0.25) is 4.99 Å². The first-order chi connectivity index (χ1) is 10.8. The van der Waals surface area contributed by atoms with E-state index in [0.717, 1.165) is 54.1 Å². The minimum Gasteiger partial charge on any atom is -0.454 e. The summed E-state index contributed by atoms with van der Waals surface area (Å²) in [6.45, 7) is 1.10. The number of aliphatic imine (C=N–C) groups is 1. The van der Waals surface area contributed by atoms with E-state index in [1.165, 1.54) is 17.7 Å². The van der Waals surface area contributed by atoms with Crippen molar-refractivity contribution in [3.63, 3.8) is 0 Å². The Bertz CT molecular complexity index is 737. The fraction of sp³-hybridized carbons (Fsp3) is 0.278. The second-order valence-corrected chi connectivity index (χ2v) is 5.57. The Labute approximate surface area is 128 Å². The zero-order valence-electron chi connectivity index (χ0n) is 12.1. The van der Waals surface area contributed by atoms with Crippen molar-refractivity contribution < 1.29 is 13.9 Å². The number of hydrogen-bond acceptors (Lipinski definition) is 3. The summed E-state index contributed by atoms with van der Waals surface area (Å²) in [4.78, 5) is 4.68. The lowest BCUT2D eigenvalue weighted by atomic mass is 9.93. The van der Waals surface area contributed by atoms with E-state index in [1.54, 1.807) is 0 Å². The molecule has 2 aliphatic heterocycles. The summed E-state index contributed by atoms with van der Waals surface area (Å²) < 4.78 is 23.9. The average molecular weight is 297 g/mol. The van der Waals surface area contributed by atoms with E-state index in [0.29, 0.717) is 6.79 Å². The van der Waals surface area contributed by atoms with Gasteiger partial charge in [-0.05, 0) is 54.7 Å². The third-order valence-electron chi connectivity index (χ3n) is 4.16. The number of fused-ring (bicyclic) bond motifs is 2. The molecule has 0 N–H and O–H groups in total. The molecule has 4 rings (SSSR count). The first-order valence-corrected chi connectivity index (χ1v) is 7.50. The fourth-order valence-electron chi connectivity index (χ4n) is 2.98. The van der Waals surface area contributed by atoms with Crippen molar-refractivity contribution in [1.82, 2.24) is 0 Å². The minimum atomic E-state index is -0.197. The molecule has 0 fully saturated rings. The van der Waals surface area contributed by atoms with Crippen LogP contribution in [0.2, 0.25) is 0 Å². The number of nitrogens with zero attached hydrogens (tertiary/aromatic N) is 1. The van der Waals surface area contributed by atoms with Crippen LogP contribution in [0, 0.1) is 5.82 Å². The molecule has 2 aromatic carbocycles. The van der Waals surface area contributed by atoms with Crippen molar-refractivity contribution in [2.24, 2.45) is 4.99 Å². The Morgan fingerprint density at radius 3 is 2.59 bits per heavy atom. The molecular weight excluding hydrogens is 281 g/mol. The fourth-order valence-corrected chi connectivity index (χ4v) is 2.98. The Balaban J connectivity index is 1.56. The van der Waals surface area contributed by atoms with Crippen LogP contribution in [0.3, 0.4) is 0 Å². The first kappa shape index (κ1) is 13.3. The van der Waals surface area contributed by atoms with Crippen molar-refractivity contribution in [2.45, 2.75) is 19.3 Å². The zero-order chi connectivity index (χ0) is 14.9. The van der Waals surface area contributed by atoms with Crippen LogP contribution in [0.25, 0.3) is 0 Å². The van der Waals surface area contributed by atoms with Gasteiger partial charge in [-0.25, -0.2) is 4.39 Å². The van der Waals surface area contributed by atoms with E-state index in [1.807, 2.05) is 18.2 Å². The van der Waals surface area contributed by atoms with Crippen LogP contribution in [0.1, 0.15) is 23.1 Å². The van der Waals surface area contributed by atoms with Crippen molar-refractivity contribution in [3.05, 3.63) is 58.9 Å². The summed E-state index contributed by atoms with van der Waals surface area (Å²) in [6, 6.07) is 10.8. The molecule has 0 atom stereocenters. The lowest BCUT2D eigenvalue weighted by Crippen LogP contribution is -2.13. The molecule has 0 aromatic heterocycles. The van der Waals surface area contributed by atoms with Gasteiger partial charge in [-0.2, -0.15) is 0 Å². The Morgan fingerprint density at radius 2 is 1.77 bits per heavy atom. The summed E-state index contributed by atoms with van der Waals surface area (Å²) in [7, 11) is 0. The van der Waals surface area contributed by atoms with Crippen LogP contribution in [0.15, 0.2) is 41.4 Å². The standard InChI is InChI=1S/C18H16FNO2/c19-14-4-1-12(2-5-14)3-6-16-15-10-18-17(21-11-22-18)9-13(15)7-8-20-16/h1-2,4-5,9-10H,3,6-8,11H2. The zero-order valence-corrected chi connectivity index (χ0v) is 12.1. The monoisotopic (exact) mass is 297 g/mol. The van der Waals surface area contributed by atoms with Gasteiger partial charge in [0.25, 0.3) is 0 Å². The number of hydrogen-bond donors (Lipinski definition) is 0. The average Bonchev–Trinajstić information content (AvgIpc) is 2.99. The SMILES string of the molecule is Fc1ccc(CCC2=NCCc3cc4c(cc32)OCO4)cc1. The molecule has 3 nitrogen and oxygen atoms in total. The molecule has 2 heterocycles. The molecule has 0 spiro atoms. The van der Waals surface area contributed by atoms with E-state index < -0.39 is 0 Å². The summed E-state index contributed by atoms with van der Waals surface area (Å²) in [5.41, 5.74) is 4.66. The van der Waals surface area contributed by atoms with Crippen molar-refractivity contribution in [2.75, 3.05) is 13.3 Å². The molecule has 0 amide bonds. The van der Waals surface area contributed by atoms with Gasteiger partial charge in [0, 0.05) is 17.8 Å². The van der Waals surface area contributed by atoms with Crippen LogP contribution in [0.5, 0.6) is 11.5 Å². The van der Waals surface area contributed by atoms with Gasteiger partial charge >= 0.3 is 0 Å². The predicted octanol–water partition coefficient (Wildman–Crippen LogP) is 3.53.